The summed E-state index contributed by atoms with van der Waals surface area (Å²) in [7, 11) is 1.76. The molecule has 0 spiro atoms. The zero-order valence-electron chi connectivity index (χ0n) is 23.5. The fourth-order valence-electron chi connectivity index (χ4n) is 5.63. The third kappa shape index (κ3) is 6.41. The second kappa shape index (κ2) is 12.6. The Bertz CT molecular complexity index is 1280. The topological polar surface area (TPSA) is 109 Å². The number of carbonyl (C=O) groups excluding carboxylic acids is 1. The van der Waals surface area contributed by atoms with Crippen molar-refractivity contribution in [1.29, 1.82) is 0 Å². The SMILES string of the molecule is C=C/C=C\c1nc(C(F)F)n(-c2cc(OC[C@H]3CCN(C(O)C4CC(=O)N(C)C4)C3)nc(N3CCOCC3)n2)c1C. The maximum atomic E-state index is 14.1. The number of aliphatic hydroxyl groups excluding tert-OH is 1. The van der Waals surface area contributed by atoms with Gasteiger partial charge in [0.2, 0.25) is 17.7 Å². The Kier molecular flexibility index (Phi) is 8.95. The standard InChI is InChI=1S/C28H37F2N7O4/c1-4-5-6-21-18(2)37(26(31-21)25(29)30)22-14-23(33-28(32-22)35-9-11-40-12-10-35)41-17-19-7-8-36(15-19)27(39)20-13-24(38)34(3)16-20/h4-6,14,19-20,25,27,39H,1,7-13,15-17H2,2-3H3/b6-5-/t19-,20?,27?/m0/s1. The molecule has 0 bridgehead atoms. The number of hydrogen-bond donors (Lipinski definition) is 1. The zero-order chi connectivity index (χ0) is 29.1. The van der Waals surface area contributed by atoms with Gasteiger partial charge in [-0.15, -0.1) is 0 Å². The predicted octanol–water partition coefficient (Wildman–Crippen LogP) is 2.44. The minimum Gasteiger partial charge on any atom is -0.477 e. The van der Waals surface area contributed by atoms with Gasteiger partial charge in [-0.25, -0.2) is 13.8 Å². The van der Waals surface area contributed by atoms with E-state index in [0.29, 0.717) is 76.3 Å². The molecule has 1 amide bonds. The lowest BCUT2D eigenvalue weighted by Crippen LogP contribution is -2.40. The van der Waals surface area contributed by atoms with Gasteiger partial charge in [-0.2, -0.15) is 9.97 Å². The first-order valence-electron chi connectivity index (χ1n) is 13.9. The maximum Gasteiger partial charge on any atom is 0.296 e. The van der Waals surface area contributed by atoms with Crippen molar-refractivity contribution in [3.63, 3.8) is 0 Å². The van der Waals surface area contributed by atoms with Gasteiger partial charge in [0.05, 0.1) is 25.5 Å². The number of morpholine rings is 1. The average Bonchev–Trinajstić information content (AvgIpc) is 3.68. The molecule has 5 heterocycles. The first kappa shape index (κ1) is 29.1. The van der Waals surface area contributed by atoms with Crippen molar-refractivity contribution in [2.24, 2.45) is 11.8 Å². The molecule has 2 unspecified atom stereocenters. The van der Waals surface area contributed by atoms with Crippen LogP contribution in [0.3, 0.4) is 0 Å². The summed E-state index contributed by atoms with van der Waals surface area (Å²) in [5.74, 6) is 0.545. The summed E-state index contributed by atoms with van der Waals surface area (Å²) in [6.07, 6.45) is 2.49. The minimum atomic E-state index is -2.82. The Labute approximate surface area is 238 Å². The van der Waals surface area contributed by atoms with Gasteiger partial charge in [-0.3, -0.25) is 14.3 Å². The van der Waals surface area contributed by atoms with Crippen LogP contribution in [-0.4, -0.2) is 106 Å². The molecule has 3 saturated heterocycles. The van der Waals surface area contributed by atoms with Gasteiger partial charge < -0.3 is 24.4 Å². The number of hydrogen-bond acceptors (Lipinski definition) is 9. The van der Waals surface area contributed by atoms with Gasteiger partial charge in [0.25, 0.3) is 6.43 Å². The Morgan fingerprint density at radius 2 is 2.00 bits per heavy atom. The number of anilines is 1. The summed E-state index contributed by atoms with van der Waals surface area (Å²) >= 11 is 0. The van der Waals surface area contributed by atoms with Crippen LogP contribution in [0.5, 0.6) is 5.88 Å². The van der Waals surface area contributed by atoms with E-state index in [2.05, 4.69) is 21.5 Å². The normalized spacial score (nSPS) is 22.8. The molecule has 0 radical (unpaired) electrons. The maximum absolute atomic E-state index is 14.1. The summed E-state index contributed by atoms with van der Waals surface area (Å²) in [6.45, 7) is 9.71. The van der Waals surface area contributed by atoms with Crippen molar-refractivity contribution in [2.45, 2.75) is 32.4 Å². The lowest BCUT2D eigenvalue weighted by Gasteiger charge is -2.28. The molecular weight excluding hydrogens is 536 g/mol. The number of halogens is 2. The van der Waals surface area contributed by atoms with Crippen molar-refractivity contribution in [3.05, 3.63) is 42.0 Å². The molecule has 0 aliphatic carbocycles. The van der Waals surface area contributed by atoms with Crippen LogP contribution < -0.4 is 9.64 Å². The highest BCUT2D eigenvalue weighted by Crippen LogP contribution is 2.30. The van der Waals surface area contributed by atoms with E-state index in [0.717, 1.165) is 6.42 Å². The second-order valence-corrected chi connectivity index (χ2v) is 10.7. The first-order valence-corrected chi connectivity index (χ1v) is 13.9. The van der Waals surface area contributed by atoms with Crippen LogP contribution in [0.4, 0.5) is 14.7 Å². The summed E-state index contributed by atoms with van der Waals surface area (Å²) in [6, 6.07) is 1.56. The third-order valence-electron chi connectivity index (χ3n) is 7.91. The minimum absolute atomic E-state index is 0.0516. The fourth-order valence-corrected chi connectivity index (χ4v) is 5.63. The molecule has 41 heavy (non-hydrogen) atoms. The first-order chi connectivity index (χ1) is 19.7. The molecule has 5 rings (SSSR count). The van der Waals surface area contributed by atoms with Crippen LogP contribution in [0, 0.1) is 18.8 Å². The van der Waals surface area contributed by atoms with Crippen molar-refractivity contribution in [2.75, 3.05) is 64.5 Å². The Morgan fingerprint density at radius 3 is 2.68 bits per heavy atom. The molecule has 3 fully saturated rings. The molecule has 3 aliphatic rings. The van der Waals surface area contributed by atoms with E-state index >= 15 is 0 Å². The number of carbonyl (C=O) groups is 1. The van der Waals surface area contributed by atoms with Gasteiger partial charge in [-0.1, -0.05) is 18.7 Å². The monoisotopic (exact) mass is 573 g/mol. The van der Waals surface area contributed by atoms with Gasteiger partial charge in [0, 0.05) is 69.8 Å². The van der Waals surface area contributed by atoms with Crippen LogP contribution in [0.15, 0.2) is 24.8 Å². The number of allylic oxidation sites excluding steroid dienone is 2. The second-order valence-electron chi connectivity index (χ2n) is 10.7. The predicted molar refractivity (Wildman–Crippen MR) is 148 cm³/mol. The molecule has 1 N–H and O–H groups in total. The number of rotatable bonds is 10. The van der Waals surface area contributed by atoms with E-state index in [-0.39, 0.29) is 29.4 Å². The number of aliphatic hydroxyl groups is 1. The highest BCUT2D eigenvalue weighted by atomic mass is 19.3. The number of aromatic nitrogens is 4. The van der Waals surface area contributed by atoms with E-state index in [9.17, 15) is 18.7 Å². The van der Waals surface area contributed by atoms with Gasteiger partial charge >= 0.3 is 0 Å². The number of ether oxygens (including phenoxy) is 2. The Balaban J connectivity index is 1.36. The number of amides is 1. The highest BCUT2D eigenvalue weighted by molar-refractivity contribution is 5.78. The summed E-state index contributed by atoms with van der Waals surface area (Å²) in [5.41, 5.74) is 0.904. The summed E-state index contributed by atoms with van der Waals surface area (Å²) in [4.78, 5) is 31.0. The molecule has 3 aliphatic heterocycles. The van der Waals surface area contributed by atoms with Crippen LogP contribution in [-0.2, 0) is 9.53 Å². The number of nitrogens with zero attached hydrogens (tertiary/aromatic N) is 7. The van der Waals surface area contributed by atoms with Gasteiger partial charge in [-0.05, 0) is 19.4 Å². The largest absolute Gasteiger partial charge is 0.477 e. The smallest absolute Gasteiger partial charge is 0.296 e. The van der Waals surface area contributed by atoms with Crippen LogP contribution in [0.2, 0.25) is 0 Å². The Hall–Kier alpha value is -3.42. The number of alkyl halides is 2. The lowest BCUT2D eigenvalue weighted by atomic mass is 10.1. The van der Waals surface area contributed by atoms with E-state index in [1.807, 2.05) is 9.80 Å². The summed E-state index contributed by atoms with van der Waals surface area (Å²) < 4.78 is 41.2. The van der Waals surface area contributed by atoms with Crippen molar-refractivity contribution >= 4 is 17.9 Å². The van der Waals surface area contributed by atoms with E-state index < -0.39 is 18.5 Å². The quantitative estimate of drug-likeness (QED) is 0.429. The van der Waals surface area contributed by atoms with Crippen molar-refractivity contribution in [1.82, 2.24) is 29.3 Å². The van der Waals surface area contributed by atoms with Crippen LogP contribution in [0.1, 0.15) is 36.5 Å². The third-order valence-corrected chi connectivity index (χ3v) is 7.91. The van der Waals surface area contributed by atoms with Crippen molar-refractivity contribution < 1.29 is 28.2 Å². The molecule has 2 aromatic rings. The number of likely N-dealkylation sites (tertiary alicyclic amines) is 2. The molecule has 11 nitrogen and oxygen atoms in total. The van der Waals surface area contributed by atoms with E-state index in [1.165, 1.54) is 4.57 Å². The zero-order valence-corrected chi connectivity index (χ0v) is 23.5. The molecule has 3 atom stereocenters. The molecule has 222 valence electrons. The molecular formula is C28H37F2N7O4. The van der Waals surface area contributed by atoms with Gasteiger partial charge in [0.15, 0.2) is 5.82 Å². The van der Waals surface area contributed by atoms with Crippen molar-refractivity contribution in [3.8, 4) is 11.7 Å². The summed E-state index contributed by atoms with van der Waals surface area (Å²) in [5, 5.41) is 10.9. The van der Waals surface area contributed by atoms with Gasteiger partial charge in [0.1, 0.15) is 12.0 Å². The van der Waals surface area contributed by atoms with Crippen LogP contribution >= 0.6 is 0 Å². The lowest BCUT2D eigenvalue weighted by molar-refractivity contribution is -0.126. The molecule has 0 saturated carbocycles. The Morgan fingerprint density at radius 1 is 1.22 bits per heavy atom. The molecule has 2 aromatic heterocycles. The van der Waals surface area contributed by atoms with E-state index in [4.69, 9.17) is 9.47 Å². The fraction of sp³-hybridized carbons (Fsp3) is 0.571. The van der Waals surface area contributed by atoms with E-state index in [1.54, 1.807) is 43.2 Å². The van der Waals surface area contributed by atoms with Crippen LogP contribution in [0.25, 0.3) is 11.9 Å². The molecule has 13 heteroatoms. The average molecular weight is 574 g/mol. The molecule has 0 aromatic carbocycles. The number of imidazole rings is 1. The highest BCUT2D eigenvalue weighted by Gasteiger charge is 2.38.